The Balaban J connectivity index is 1.23. The number of aromatic nitrogens is 4. The minimum Gasteiger partial charge on any atom is -0.347 e. The van der Waals surface area contributed by atoms with Crippen molar-refractivity contribution in [1.82, 2.24) is 31.0 Å². The first-order valence-corrected chi connectivity index (χ1v) is 12.5. The topological polar surface area (TPSA) is 123 Å². The van der Waals surface area contributed by atoms with Gasteiger partial charge < -0.3 is 15.2 Å². The number of benzene rings is 2. The lowest BCUT2D eigenvalue weighted by molar-refractivity contribution is -0.124. The highest BCUT2D eigenvalue weighted by Crippen LogP contribution is 2.41. The van der Waals surface area contributed by atoms with Gasteiger partial charge in [-0.1, -0.05) is 35.0 Å². The standard InChI is InChI=1S/C27H22ClFN6O3/c1-14-32-24(35-38-14)23-20(11-18(28)12-21(23)29)16-2-4-19-15(10-16)3-5-22(19)33-26(37)27(7-8-27)34-25(36)17-6-9-30-31-13-17/h2,4,6,9-13,22H,3,5,7-8H2,1H3,(H,33,37)(H,34,36)/t22-/m0/s1. The van der Waals surface area contributed by atoms with Gasteiger partial charge in [0.1, 0.15) is 11.4 Å². The number of hydrogen-bond donors (Lipinski definition) is 2. The molecule has 38 heavy (non-hydrogen) atoms. The molecule has 2 amide bonds. The van der Waals surface area contributed by atoms with Gasteiger partial charge in [-0.05, 0) is 66.1 Å². The van der Waals surface area contributed by atoms with Gasteiger partial charge in [0.05, 0.1) is 29.6 Å². The summed E-state index contributed by atoms with van der Waals surface area (Å²) in [6, 6.07) is 10.1. The maximum atomic E-state index is 15.0. The first-order valence-electron chi connectivity index (χ1n) is 12.2. The highest BCUT2D eigenvalue weighted by atomic mass is 35.5. The highest BCUT2D eigenvalue weighted by molar-refractivity contribution is 6.31. The van der Waals surface area contributed by atoms with Crippen molar-refractivity contribution in [1.29, 1.82) is 0 Å². The zero-order valence-corrected chi connectivity index (χ0v) is 21.1. The fourth-order valence-corrected chi connectivity index (χ4v) is 5.11. The molecule has 6 rings (SSSR count). The maximum Gasteiger partial charge on any atom is 0.253 e. The van der Waals surface area contributed by atoms with E-state index in [0.29, 0.717) is 36.3 Å². The van der Waals surface area contributed by atoms with Gasteiger partial charge in [-0.15, -0.1) is 0 Å². The lowest BCUT2D eigenvalue weighted by atomic mass is 9.95. The summed E-state index contributed by atoms with van der Waals surface area (Å²) in [7, 11) is 0. The fourth-order valence-electron chi connectivity index (χ4n) is 4.91. The van der Waals surface area contributed by atoms with Crippen molar-refractivity contribution < 1.29 is 18.5 Å². The SMILES string of the molecule is Cc1nc(-c2c(F)cc(Cl)cc2-c2ccc3c(c2)CC[C@@H]3NC(=O)C2(NC(=O)c3ccnnc3)CC2)no1. The molecule has 2 aromatic carbocycles. The quantitative estimate of drug-likeness (QED) is 0.378. The Morgan fingerprint density at radius 3 is 2.71 bits per heavy atom. The van der Waals surface area contributed by atoms with Crippen LogP contribution in [-0.4, -0.2) is 37.7 Å². The van der Waals surface area contributed by atoms with E-state index in [-0.39, 0.29) is 34.3 Å². The Morgan fingerprint density at radius 2 is 2.00 bits per heavy atom. The second-order valence-corrected chi connectivity index (χ2v) is 10.0. The number of rotatable bonds is 6. The van der Waals surface area contributed by atoms with Crippen LogP contribution in [0.15, 0.2) is 53.3 Å². The van der Waals surface area contributed by atoms with Crippen LogP contribution in [0.25, 0.3) is 22.5 Å². The molecule has 2 heterocycles. The summed E-state index contributed by atoms with van der Waals surface area (Å²) in [6.07, 6.45) is 5.38. The van der Waals surface area contributed by atoms with E-state index >= 15 is 0 Å². The number of fused-ring (bicyclic) bond motifs is 1. The first-order chi connectivity index (χ1) is 18.3. The summed E-state index contributed by atoms with van der Waals surface area (Å²) < 4.78 is 20.1. The Kier molecular flexibility index (Phi) is 5.91. The Labute approximate surface area is 221 Å². The van der Waals surface area contributed by atoms with Crippen molar-refractivity contribution in [3.05, 3.63) is 82.2 Å². The Hall–Kier alpha value is -4.18. The van der Waals surface area contributed by atoms with Crippen LogP contribution in [0.2, 0.25) is 5.02 Å². The van der Waals surface area contributed by atoms with Crippen molar-refractivity contribution in [2.45, 2.75) is 44.2 Å². The Bertz CT molecular complexity index is 1570. The molecule has 1 atom stereocenters. The zero-order chi connectivity index (χ0) is 26.4. The number of aryl methyl sites for hydroxylation is 2. The molecule has 0 unspecified atom stereocenters. The lowest BCUT2D eigenvalue weighted by Crippen LogP contribution is -2.49. The summed E-state index contributed by atoms with van der Waals surface area (Å²) in [4.78, 5) is 30.0. The van der Waals surface area contributed by atoms with Crippen LogP contribution in [0.4, 0.5) is 4.39 Å². The third-order valence-corrected chi connectivity index (χ3v) is 7.25. The maximum absolute atomic E-state index is 15.0. The molecule has 0 aliphatic heterocycles. The molecule has 11 heteroatoms. The van der Waals surface area contributed by atoms with Gasteiger partial charge in [0.25, 0.3) is 5.91 Å². The molecule has 4 aromatic rings. The molecule has 2 aliphatic rings. The van der Waals surface area contributed by atoms with E-state index in [9.17, 15) is 14.0 Å². The van der Waals surface area contributed by atoms with E-state index in [1.165, 1.54) is 18.5 Å². The number of carbonyl (C=O) groups excluding carboxylic acids is 2. The summed E-state index contributed by atoms with van der Waals surface area (Å²) in [5.74, 6) is -0.628. The lowest BCUT2D eigenvalue weighted by Gasteiger charge is -2.21. The van der Waals surface area contributed by atoms with Gasteiger partial charge in [0.15, 0.2) is 0 Å². The van der Waals surface area contributed by atoms with E-state index in [1.807, 2.05) is 18.2 Å². The molecule has 2 aromatic heterocycles. The molecule has 0 saturated heterocycles. The van der Waals surface area contributed by atoms with E-state index < -0.39 is 11.4 Å². The van der Waals surface area contributed by atoms with Crippen LogP contribution in [0.5, 0.6) is 0 Å². The third kappa shape index (κ3) is 4.41. The van der Waals surface area contributed by atoms with Gasteiger partial charge in [0, 0.05) is 11.9 Å². The number of nitrogens with one attached hydrogen (secondary N) is 2. The number of nitrogens with zero attached hydrogens (tertiary/aromatic N) is 4. The minimum absolute atomic E-state index is 0.150. The zero-order valence-electron chi connectivity index (χ0n) is 20.3. The molecule has 0 bridgehead atoms. The molecule has 9 nitrogen and oxygen atoms in total. The summed E-state index contributed by atoms with van der Waals surface area (Å²) in [6.45, 7) is 1.64. The summed E-state index contributed by atoms with van der Waals surface area (Å²) in [5, 5.41) is 17.5. The Morgan fingerprint density at radius 1 is 1.16 bits per heavy atom. The van der Waals surface area contributed by atoms with Gasteiger partial charge in [-0.25, -0.2) is 4.39 Å². The smallest absolute Gasteiger partial charge is 0.253 e. The van der Waals surface area contributed by atoms with Crippen LogP contribution in [0.1, 0.15) is 52.7 Å². The first kappa shape index (κ1) is 24.2. The van der Waals surface area contributed by atoms with E-state index in [2.05, 4.69) is 31.0 Å². The average Bonchev–Trinajstić information content (AvgIpc) is 3.40. The number of halogens is 2. The molecular formula is C27H22ClFN6O3. The van der Waals surface area contributed by atoms with Crippen molar-refractivity contribution in [3.8, 4) is 22.5 Å². The number of hydrogen-bond acceptors (Lipinski definition) is 7. The van der Waals surface area contributed by atoms with E-state index in [0.717, 1.165) is 23.1 Å². The molecular weight excluding hydrogens is 511 g/mol. The largest absolute Gasteiger partial charge is 0.347 e. The van der Waals surface area contributed by atoms with Crippen LogP contribution in [0, 0.1) is 12.7 Å². The molecule has 0 radical (unpaired) electrons. The van der Waals surface area contributed by atoms with E-state index in [1.54, 1.807) is 19.1 Å². The van der Waals surface area contributed by atoms with Crippen molar-refractivity contribution in [3.63, 3.8) is 0 Å². The van der Waals surface area contributed by atoms with Gasteiger partial charge in [-0.2, -0.15) is 15.2 Å². The predicted molar refractivity (Wildman–Crippen MR) is 136 cm³/mol. The highest BCUT2D eigenvalue weighted by Gasteiger charge is 2.52. The molecule has 2 aliphatic carbocycles. The van der Waals surface area contributed by atoms with Crippen molar-refractivity contribution in [2.24, 2.45) is 0 Å². The van der Waals surface area contributed by atoms with Crippen LogP contribution >= 0.6 is 11.6 Å². The fraction of sp³-hybridized carbons (Fsp3) is 0.259. The van der Waals surface area contributed by atoms with Gasteiger partial charge in [-0.3, -0.25) is 9.59 Å². The summed E-state index contributed by atoms with van der Waals surface area (Å²) >= 11 is 6.20. The summed E-state index contributed by atoms with van der Waals surface area (Å²) in [5.41, 5.74) is 2.99. The van der Waals surface area contributed by atoms with Crippen LogP contribution in [-0.2, 0) is 11.2 Å². The third-order valence-electron chi connectivity index (χ3n) is 7.03. The second-order valence-electron chi connectivity index (χ2n) is 9.59. The molecule has 192 valence electrons. The van der Waals surface area contributed by atoms with Gasteiger partial charge >= 0.3 is 0 Å². The van der Waals surface area contributed by atoms with Crippen molar-refractivity contribution >= 4 is 23.4 Å². The van der Waals surface area contributed by atoms with Gasteiger partial charge in [0.2, 0.25) is 17.6 Å². The van der Waals surface area contributed by atoms with Crippen molar-refractivity contribution in [2.75, 3.05) is 0 Å². The molecule has 1 fully saturated rings. The molecule has 0 spiro atoms. The molecule has 1 saturated carbocycles. The minimum atomic E-state index is -0.918. The number of amides is 2. The average molecular weight is 533 g/mol. The number of carbonyl (C=O) groups is 2. The monoisotopic (exact) mass is 532 g/mol. The van der Waals surface area contributed by atoms with Crippen LogP contribution < -0.4 is 10.6 Å². The predicted octanol–water partition coefficient (Wildman–Crippen LogP) is 4.36. The van der Waals surface area contributed by atoms with E-state index in [4.69, 9.17) is 16.1 Å². The molecule has 2 N–H and O–H groups in total. The normalized spacial score (nSPS) is 17.1. The van der Waals surface area contributed by atoms with Crippen LogP contribution in [0.3, 0.4) is 0 Å². The second kappa shape index (κ2) is 9.29.